The van der Waals surface area contributed by atoms with Gasteiger partial charge in [0.15, 0.2) is 0 Å². The average molecular weight is 369 g/mol. The van der Waals surface area contributed by atoms with Crippen LogP contribution in [-0.4, -0.2) is 74.2 Å². The molecule has 2 rings (SSSR count). The van der Waals surface area contributed by atoms with Gasteiger partial charge in [-0.1, -0.05) is 30.3 Å². The molecule has 0 bridgehead atoms. The molecule has 0 N–H and O–H groups in total. The smallest absolute Gasteiger partial charge is 0.282 e. The highest BCUT2D eigenvalue weighted by molar-refractivity contribution is 7.86. The van der Waals surface area contributed by atoms with Crippen LogP contribution in [0.1, 0.15) is 25.5 Å². The standard InChI is InChI=1S/C17H27N3O4S/c1-4-19(5-2)17(21)14-18(3)25(22,23)20-11-12-24-16(13-20)15-9-7-6-8-10-15/h6-10,16H,4-5,11-14H2,1-3H3/t16-/m0/s1. The van der Waals surface area contributed by atoms with Crippen LogP contribution in [0.4, 0.5) is 0 Å². The summed E-state index contributed by atoms with van der Waals surface area (Å²) in [7, 11) is -2.26. The Morgan fingerprint density at radius 1 is 1.24 bits per heavy atom. The SMILES string of the molecule is CCN(CC)C(=O)CN(C)S(=O)(=O)N1CCO[C@H](c2ccccc2)C1. The summed E-state index contributed by atoms with van der Waals surface area (Å²) in [4.78, 5) is 13.8. The molecule has 1 aromatic carbocycles. The minimum atomic E-state index is -3.71. The van der Waals surface area contributed by atoms with Crippen LogP contribution in [0.5, 0.6) is 0 Å². The van der Waals surface area contributed by atoms with Gasteiger partial charge in [0.1, 0.15) is 0 Å². The predicted molar refractivity (Wildman–Crippen MR) is 96.2 cm³/mol. The number of rotatable bonds is 7. The number of likely N-dealkylation sites (N-methyl/N-ethyl adjacent to an activating group) is 2. The van der Waals surface area contributed by atoms with E-state index in [9.17, 15) is 13.2 Å². The molecular weight excluding hydrogens is 342 g/mol. The largest absolute Gasteiger partial charge is 0.371 e. The Hall–Kier alpha value is -1.48. The van der Waals surface area contributed by atoms with Crippen molar-refractivity contribution in [2.75, 3.05) is 46.4 Å². The van der Waals surface area contributed by atoms with Crippen LogP contribution in [0.15, 0.2) is 30.3 Å². The second-order valence-electron chi connectivity index (χ2n) is 5.96. The van der Waals surface area contributed by atoms with Crippen LogP contribution in [0.2, 0.25) is 0 Å². The minimum absolute atomic E-state index is 0.155. The van der Waals surface area contributed by atoms with E-state index in [0.29, 0.717) is 19.7 Å². The van der Waals surface area contributed by atoms with Crippen molar-refractivity contribution in [2.45, 2.75) is 20.0 Å². The first kappa shape index (κ1) is 19.8. The average Bonchev–Trinajstić information content (AvgIpc) is 2.63. The summed E-state index contributed by atoms with van der Waals surface area (Å²) in [6.07, 6.45) is -0.295. The fourth-order valence-corrected chi connectivity index (χ4v) is 4.15. The van der Waals surface area contributed by atoms with Crippen LogP contribution in [0, 0.1) is 0 Å². The lowest BCUT2D eigenvalue weighted by Crippen LogP contribution is -2.50. The van der Waals surface area contributed by atoms with Gasteiger partial charge < -0.3 is 9.64 Å². The lowest BCUT2D eigenvalue weighted by molar-refractivity contribution is -0.130. The molecule has 0 unspecified atom stereocenters. The molecule has 1 saturated heterocycles. The Balaban J connectivity index is 2.06. The van der Waals surface area contributed by atoms with E-state index < -0.39 is 10.2 Å². The molecule has 0 aromatic heterocycles. The fraction of sp³-hybridized carbons (Fsp3) is 0.588. The maximum Gasteiger partial charge on any atom is 0.282 e. The molecule has 1 aromatic rings. The van der Waals surface area contributed by atoms with Crippen molar-refractivity contribution in [3.05, 3.63) is 35.9 Å². The third kappa shape index (κ3) is 4.78. The van der Waals surface area contributed by atoms with Crippen molar-refractivity contribution < 1.29 is 17.9 Å². The molecule has 1 aliphatic rings. The lowest BCUT2D eigenvalue weighted by Gasteiger charge is -2.35. The van der Waals surface area contributed by atoms with Crippen molar-refractivity contribution in [1.82, 2.24) is 13.5 Å². The Morgan fingerprint density at radius 2 is 1.88 bits per heavy atom. The molecule has 140 valence electrons. The number of morpholine rings is 1. The molecule has 0 spiro atoms. The second-order valence-corrected chi connectivity index (χ2v) is 7.99. The highest BCUT2D eigenvalue weighted by atomic mass is 32.2. The fourth-order valence-electron chi connectivity index (χ4n) is 2.85. The van der Waals surface area contributed by atoms with Gasteiger partial charge in [-0.05, 0) is 19.4 Å². The summed E-state index contributed by atoms with van der Waals surface area (Å²) in [6.45, 7) is 5.60. The molecule has 1 fully saturated rings. The molecule has 8 heteroatoms. The molecule has 25 heavy (non-hydrogen) atoms. The van der Waals surface area contributed by atoms with Crippen molar-refractivity contribution in [2.24, 2.45) is 0 Å². The van der Waals surface area contributed by atoms with E-state index in [1.807, 2.05) is 44.2 Å². The van der Waals surface area contributed by atoms with Gasteiger partial charge in [-0.3, -0.25) is 4.79 Å². The third-order valence-corrected chi connectivity index (χ3v) is 6.30. The number of amides is 1. The normalized spacial score (nSPS) is 19.1. The van der Waals surface area contributed by atoms with E-state index in [1.54, 1.807) is 4.90 Å². The number of benzene rings is 1. The Kier molecular flexibility index (Phi) is 6.95. The summed E-state index contributed by atoms with van der Waals surface area (Å²) in [6, 6.07) is 9.57. The first-order chi connectivity index (χ1) is 11.9. The van der Waals surface area contributed by atoms with Gasteiger partial charge in [-0.2, -0.15) is 17.0 Å². The molecule has 1 aliphatic heterocycles. The van der Waals surface area contributed by atoms with Crippen molar-refractivity contribution >= 4 is 16.1 Å². The van der Waals surface area contributed by atoms with E-state index in [-0.39, 0.29) is 31.6 Å². The topological polar surface area (TPSA) is 70.2 Å². The van der Waals surface area contributed by atoms with Crippen LogP contribution < -0.4 is 0 Å². The molecule has 0 aliphatic carbocycles. The van der Waals surface area contributed by atoms with Gasteiger partial charge in [0.2, 0.25) is 5.91 Å². The monoisotopic (exact) mass is 369 g/mol. The van der Waals surface area contributed by atoms with Crippen LogP contribution in [0.3, 0.4) is 0 Å². The van der Waals surface area contributed by atoms with Gasteiger partial charge in [0, 0.05) is 33.2 Å². The molecule has 1 heterocycles. The summed E-state index contributed by atoms with van der Waals surface area (Å²) < 4.78 is 33.9. The maximum atomic E-state index is 12.8. The molecule has 0 saturated carbocycles. The first-order valence-electron chi connectivity index (χ1n) is 8.55. The summed E-state index contributed by atoms with van der Waals surface area (Å²) in [5.74, 6) is -0.191. The minimum Gasteiger partial charge on any atom is -0.371 e. The number of hydrogen-bond acceptors (Lipinski definition) is 4. The third-order valence-electron chi connectivity index (χ3n) is 4.39. The highest BCUT2D eigenvalue weighted by Gasteiger charge is 2.34. The molecule has 0 radical (unpaired) electrons. The second kappa shape index (κ2) is 8.75. The van der Waals surface area contributed by atoms with E-state index in [4.69, 9.17) is 4.74 Å². The number of nitrogens with zero attached hydrogens (tertiary/aromatic N) is 3. The van der Waals surface area contributed by atoms with Crippen molar-refractivity contribution in [3.8, 4) is 0 Å². The Bertz CT molecular complexity index is 662. The number of ether oxygens (including phenoxy) is 1. The van der Waals surface area contributed by atoms with Gasteiger partial charge in [0.25, 0.3) is 10.2 Å². The molecule has 7 nitrogen and oxygen atoms in total. The van der Waals surface area contributed by atoms with Gasteiger partial charge in [-0.15, -0.1) is 0 Å². The summed E-state index contributed by atoms with van der Waals surface area (Å²) in [5, 5.41) is 0. The zero-order chi connectivity index (χ0) is 18.4. The van der Waals surface area contributed by atoms with Gasteiger partial charge >= 0.3 is 0 Å². The number of carbonyl (C=O) groups is 1. The van der Waals surface area contributed by atoms with E-state index in [1.165, 1.54) is 11.4 Å². The highest BCUT2D eigenvalue weighted by Crippen LogP contribution is 2.24. The molecule has 1 atom stereocenters. The molecular formula is C17H27N3O4S. The molecule has 1 amide bonds. The van der Waals surface area contributed by atoms with E-state index >= 15 is 0 Å². The summed E-state index contributed by atoms with van der Waals surface area (Å²) in [5.41, 5.74) is 0.948. The van der Waals surface area contributed by atoms with E-state index in [2.05, 4.69) is 0 Å². The Labute approximate surface area is 150 Å². The zero-order valence-corrected chi connectivity index (χ0v) is 15.9. The van der Waals surface area contributed by atoms with Gasteiger partial charge in [-0.25, -0.2) is 0 Å². The van der Waals surface area contributed by atoms with Crippen molar-refractivity contribution in [3.63, 3.8) is 0 Å². The van der Waals surface area contributed by atoms with Gasteiger partial charge in [0.05, 0.1) is 19.3 Å². The maximum absolute atomic E-state index is 12.8. The number of carbonyl (C=O) groups excluding carboxylic acids is 1. The van der Waals surface area contributed by atoms with Crippen molar-refractivity contribution in [1.29, 1.82) is 0 Å². The lowest BCUT2D eigenvalue weighted by atomic mass is 10.1. The van der Waals surface area contributed by atoms with Crippen LogP contribution in [0.25, 0.3) is 0 Å². The zero-order valence-electron chi connectivity index (χ0n) is 15.1. The Morgan fingerprint density at radius 3 is 2.48 bits per heavy atom. The van der Waals surface area contributed by atoms with E-state index in [0.717, 1.165) is 9.87 Å². The predicted octanol–water partition coefficient (Wildman–Crippen LogP) is 1.10. The number of hydrogen-bond donors (Lipinski definition) is 0. The van der Waals surface area contributed by atoms with Crippen LogP contribution >= 0.6 is 0 Å². The summed E-state index contributed by atoms with van der Waals surface area (Å²) >= 11 is 0. The van der Waals surface area contributed by atoms with Crippen LogP contribution in [-0.2, 0) is 19.7 Å². The quantitative estimate of drug-likeness (QED) is 0.722. The first-order valence-corrected chi connectivity index (χ1v) is 9.95.